The Morgan fingerprint density at radius 2 is 1.64 bits per heavy atom. The molecule has 2 aromatic carbocycles. The van der Waals surface area contributed by atoms with Crippen molar-refractivity contribution in [1.82, 2.24) is 0 Å². The summed E-state index contributed by atoms with van der Waals surface area (Å²) in [5, 5.41) is 2.28. The average molecular weight is 329 g/mol. The predicted molar refractivity (Wildman–Crippen MR) is 85.5 cm³/mol. The fourth-order valence-corrected chi connectivity index (χ4v) is 5.37. The number of halogens is 2. The van der Waals surface area contributed by atoms with Gasteiger partial charge in [0.1, 0.15) is 4.87 Å². The summed E-state index contributed by atoms with van der Waals surface area (Å²) in [6.07, 6.45) is 1.20. The average Bonchev–Trinajstić information content (AvgIpc) is 2.79. The highest BCUT2D eigenvalue weighted by atomic mass is 35.5. The van der Waals surface area contributed by atoms with E-state index in [0.29, 0.717) is 0 Å². The van der Waals surface area contributed by atoms with Gasteiger partial charge in [0.2, 0.25) is 0 Å². The first-order chi connectivity index (χ1) is 10.5. The minimum atomic E-state index is -1.17. The third-order valence-corrected chi connectivity index (χ3v) is 6.39. The Hall–Kier alpha value is -1.64. The summed E-state index contributed by atoms with van der Waals surface area (Å²) >= 11 is 12.7. The molecule has 1 fully saturated rings. The van der Waals surface area contributed by atoms with Crippen LogP contribution in [-0.4, -0.2) is 16.4 Å². The second-order valence-corrected chi connectivity index (χ2v) is 7.30. The van der Waals surface area contributed by atoms with E-state index in [4.69, 9.17) is 23.2 Å². The maximum Gasteiger partial charge on any atom is 0.180 e. The number of carbonyl (C=O) groups is 2. The van der Waals surface area contributed by atoms with E-state index in [1.165, 1.54) is 6.08 Å². The molecule has 0 amide bonds. The van der Waals surface area contributed by atoms with E-state index in [1.807, 2.05) is 36.4 Å². The van der Waals surface area contributed by atoms with E-state index in [9.17, 15) is 9.59 Å². The van der Waals surface area contributed by atoms with Gasteiger partial charge in [-0.2, -0.15) is 0 Å². The summed E-state index contributed by atoms with van der Waals surface area (Å²) in [5.41, 5.74) is 2.20. The molecule has 22 heavy (non-hydrogen) atoms. The Bertz CT molecular complexity index is 925. The zero-order valence-electron chi connectivity index (χ0n) is 11.3. The second kappa shape index (κ2) is 3.81. The van der Waals surface area contributed by atoms with Crippen molar-refractivity contribution in [3.63, 3.8) is 0 Å². The SMILES string of the molecule is O=C1C(Cl)=CC(=O)[C@]2(Cl)[C@@H]3c4cccc5cccc(c45)[C@@H]3[C@H]12. The number of carbonyl (C=O) groups excluding carboxylic acids is 2. The van der Waals surface area contributed by atoms with Gasteiger partial charge < -0.3 is 0 Å². The van der Waals surface area contributed by atoms with Crippen LogP contribution in [-0.2, 0) is 9.59 Å². The number of rotatable bonds is 0. The van der Waals surface area contributed by atoms with Gasteiger partial charge in [0.15, 0.2) is 11.6 Å². The fourth-order valence-electron chi connectivity index (χ4n) is 4.61. The van der Waals surface area contributed by atoms with Gasteiger partial charge in [-0.3, -0.25) is 9.59 Å². The lowest BCUT2D eigenvalue weighted by Crippen LogP contribution is -2.63. The summed E-state index contributed by atoms with van der Waals surface area (Å²) < 4.78 is 0. The molecule has 5 rings (SSSR count). The molecule has 2 aromatic rings. The molecule has 2 nitrogen and oxygen atoms in total. The van der Waals surface area contributed by atoms with Crippen LogP contribution in [0.3, 0.4) is 0 Å². The first kappa shape index (κ1) is 12.9. The summed E-state index contributed by atoms with van der Waals surface area (Å²) in [6, 6.07) is 12.1. The highest BCUT2D eigenvalue weighted by molar-refractivity contribution is 6.51. The van der Waals surface area contributed by atoms with Crippen molar-refractivity contribution in [2.45, 2.75) is 16.7 Å². The topological polar surface area (TPSA) is 34.1 Å². The number of Topliss-reactive ketones (excluding diaryl/α,β-unsaturated/α-hetero) is 1. The number of benzene rings is 2. The fraction of sp³-hybridized carbons (Fsp3) is 0.222. The monoisotopic (exact) mass is 328 g/mol. The molecule has 0 aliphatic heterocycles. The van der Waals surface area contributed by atoms with E-state index in [2.05, 4.69) is 0 Å². The van der Waals surface area contributed by atoms with Crippen molar-refractivity contribution < 1.29 is 9.59 Å². The molecule has 4 heteroatoms. The number of hydrogen-bond acceptors (Lipinski definition) is 2. The van der Waals surface area contributed by atoms with Gasteiger partial charge in [0.05, 0.1) is 11.0 Å². The van der Waals surface area contributed by atoms with E-state index in [-0.39, 0.29) is 28.4 Å². The van der Waals surface area contributed by atoms with Crippen molar-refractivity contribution >= 4 is 45.5 Å². The molecule has 0 aromatic heterocycles. The lowest BCUT2D eigenvalue weighted by molar-refractivity contribution is -0.135. The first-order valence-electron chi connectivity index (χ1n) is 7.21. The van der Waals surface area contributed by atoms with Gasteiger partial charge in [-0.05, 0) is 21.9 Å². The van der Waals surface area contributed by atoms with E-state index in [0.717, 1.165) is 21.9 Å². The standard InChI is InChI=1S/C18H10Cl2O2/c19-11-7-12(21)18(20)15-10-6-2-4-8-3-1-5-9(13(8)10)14(15)16(18)17(11)22/h1-7,14-16H/t14-,15+,16+,18-/m0/s1. The largest absolute Gasteiger partial charge is 0.293 e. The number of ketones is 2. The zero-order chi connectivity index (χ0) is 15.2. The normalized spacial score (nSPS) is 35.0. The molecule has 108 valence electrons. The minimum absolute atomic E-state index is 0.00727. The predicted octanol–water partition coefficient (Wildman–Crippen LogP) is 3.90. The molecule has 0 radical (unpaired) electrons. The van der Waals surface area contributed by atoms with Crippen LogP contribution in [0.15, 0.2) is 47.5 Å². The summed E-state index contributed by atoms with van der Waals surface area (Å²) in [5.74, 6) is -1.19. The molecular formula is C18H10Cl2O2. The first-order valence-corrected chi connectivity index (χ1v) is 7.97. The van der Waals surface area contributed by atoms with E-state index < -0.39 is 10.8 Å². The molecule has 0 saturated heterocycles. The third-order valence-electron chi connectivity index (χ3n) is 5.44. The molecule has 0 heterocycles. The van der Waals surface area contributed by atoms with E-state index >= 15 is 0 Å². The van der Waals surface area contributed by atoms with Crippen LogP contribution in [0.4, 0.5) is 0 Å². The number of alkyl halides is 1. The number of fused-ring (bicyclic) bond motifs is 6. The van der Waals surface area contributed by atoms with Crippen LogP contribution in [0.25, 0.3) is 10.8 Å². The smallest absolute Gasteiger partial charge is 0.180 e. The molecule has 1 saturated carbocycles. The van der Waals surface area contributed by atoms with Gasteiger partial charge in [0.25, 0.3) is 0 Å². The van der Waals surface area contributed by atoms with Crippen LogP contribution in [0.2, 0.25) is 0 Å². The van der Waals surface area contributed by atoms with Gasteiger partial charge >= 0.3 is 0 Å². The molecule has 0 bridgehead atoms. The number of allylic oxidation sites excluding steroid dienone is 2. The minimum Gasteiger partial charge on any atom is -0.293 e. The Balaban J connectivity index is 1.83. The van der Waals surface area contributed by atoms with Crippen LogP contribution in [0, 0.1) is 5.92 Å². The van der Waals surface area contributed by atoms with Gasteiger partial charge in [-0.15, -0.1) is 11.6 Å². The Morgan fingerprint density at radius 3 is 2.36 bits per heavy atom. The van der Waals surface area contributed by atoms with Crippen molar-refractivity contribution in [2.24, 2.45) is 5.92 Å². The maximum absolute atomic E-state index is 12.5. The Kier molecular flexibility index (Phi) is 2.23. The molecule has 3 aliphatic carbocycles. The lowest BCUT2D eigenvalue weighted by atomic mass is 9.51. The van der Waals surface area contributed by atoms with E-state index in [1.54, 1.807) is 0 Å². The Labute approximate surface area is 136 Å². The highest BCUT2D eigenvalue weighted by Gasteiger charge is 2.71. The molecular weight excluding hydrogens is 319 g/mol. The molecule has 3 aliphatic rings. The Morgan fingerprint density at radius 1 is 0.955 bits per heavy atom. The van der Waals surface area contributed by atoms with Crippen LogP contribution < -0.4 is 0 Å². The van der Waals surface area contributed by atoms with Crippen LogP contribution >= 0.6 is 23.2 Å². The summed E-state index contributed by atoms with van der Waals surface area (Å²) in [7, 11) is 0. The van der Waals surface area contributed by atoms with Gasteiger partial charge in [0, 0.05) is 17.9 Å². The molecule has 0 unspecified atom stereocenters. The third kappa shape index (κ3) is 1.18. The quantitative estimate of drug-likeness (QED) is 0.687. The highest BCUT2D eigenvalue weighted by Crippen LogP contribution is 2.70. The van der Waals surface area contributed by atoms with Crippen molar-refractivity contribution in [1.29, 1.82) is 0 Å². The second-order valence-electron chi connectivity index (χ2n) is 6.26. The van der Waals surface area contributed by atoms with Crippen LogP contribution in [0.1, 0.15) is 23.0 Å². The maximum atomic E-state index is 12.5. The zero-order valence-corrected chi connectivity index (χ0v) is 12.9. The van der Waals surface area contributed by atoms with Crippen molar-refractivity contribution in [3.8, 4) is 0 Å². The number of hydrogen-bond donors (Lipinski definition) is 0. The van der Waals surface area contributed by atoms with Crippen LogP contribution in [0.5, 0.6) is 0 Å². The summed E-state index contributed by atoms with van der Waals surface area (Å²) in [4.78, 5) is 23.8. The molecule has 0 spiro atoms. The van der Waals surface area contributed by atoms with Crippen molar-refractivity contribution in [2.75, 3.05) is 0 Å². The van der Waals surface area contributed by atoms with Crippen molar-refractivity contribution in [3.05, 3.63) is 58.6 Å². The molecule has 0 N–H and O–H groups in total. The molecule has 4 atom stereocenters. The van der Waals surface area contributed by atoms with Gasteiger partial charge in [-0.25, -0.2) is 0 Å². The van der Waals surface area contributed by atoms with Gasteiger partial charge in [-0.1, -0.05) is 48.0 Å². The summed E-state index contributed by atoms with van der Waals surface area (Å²) in [6.45, 7) is 0. The lowest BCUT2D eigenvalue weighted by Gasteiger charge is -2.55.